The predicted molar refractivity (Wildman–Crippen MR) is 99.4 cm³/mol. The first-order chi connectivity index (χ1) is 12.2. The maximum absolute atomic E-state index is 11.1. The number of fused-ring (bicyclic) bond motifs is 1. The minimum Gasteiger partial charge on any atom is -0.310 e. The summed E-state index contributed by atoms with van der Waals surface area (Å²) in [5.74, 6) is -0.517. The highest BCUT2D eigenvalue weighted by Crippen LogP contribution is 2.32. The molecule has 1 amide bonds. The molecule has 0 spiro atoms. The fraction of sp³-hybridized carbons (Fsp3) is 0.286. The normalized spacial score (nSPS) is 16.2. The average molecular weight is 336 g/mol. The topological polar surface area (TPSA) is 61.4 Å². The van der Waals surface area contributed by atoms with Gasteiger partial charge in [-0.2, -0.15) is 0 Å². The van der Waals surface area contributed by atoms with Crippen LogP contribution in [0.1, 0.15) is 40.3 Å². The molecule has 1 aliphatic rings. The van der Waals surface area contributed by atoms with Crippen LogP contribution in [-0.2, 0) is 17.6 Å². The predicted octanol–water partition coefficient (Wildman–Crippen LogP) is 3.33. The van der Waals surface area contributed by atoms with Crippen molar-refractivity contribution in [3.8, 4) is 0 Å². The van der Waals surface area contributed by atoms with Crippen molar-refractivity contribution in [1.82, 2.24) is 10.8 Å². The van der Waals surface area contributed by atoms with E-state index in [0.717, 1.165) is 31.4 Å². The van der Waals surface area contributed by atoms with Crippen LogP contribution in [-0.4, -0.2) is 17.7 Å². The van der Waals surface area contributed by atoms with Crippen molar-refractivity contribution in [2.24, 2.45) is 0 Å². The van der Waals surface area contributed by atoms with Gasteiger partial charge in [-0.05, 0) is 66.6 Å². The Bertz CT molecular complexity index is 783. The molecule has 4 nitrogen and oxygen atoms in total. The second kappa shape index (κ2) is 8.10. The number of hydroxylamine groups is 1. The molecule has 0 radical (unpaired) electrons. The molecule has 130 valence electrons. The molecule has 0 saturated carbocycles. The number of amides is 1. The molecule has 0 saturated heterocycles. The van der Waals surface area contributed by atoms with Crippen LogP contribution in [0.5, 0.6) is 0 Å². The Balaban J connectivity index is 1.59. The Morgan fingerprint density at radius 1 is 1.28 bits per heavy atom. The molecule has 2 aromatic carbocycles. The van der Waals surface area contributed by atoms with E-state index in [9.17, 15) is 4.79 Å². The van der Waals surface area contributed by atoms with Gasteiger partial charge in [-0.1, -0.05) is 42.5 Å². The molecule has 1 atom stereocenters. The summed E-state index contributed by atoms with van der Waals surface area (Å²) >= 11 is 0. The summed E-state index contributed by atoms with van der Waals surface area (Å²) in [4.78, 5) is 11.1. The molecule has 25 heavy (non-hydrogen) atoms. The van der Waals surface area contributed by atoms with Gasteiger partial charge < -0.3 is 5.32 Å². The number of carbonyl (C=O) groups excluding carboxylic acids is 1. The first-order valence-corrected chi connectivity index (χ1v) is 8.70. The van der Waals surface area contributed by atoms with Crippen molar-refractivity contribution in [3.63, 3.8) is 0 Å². The number of hydrogen-bond acceptors (Lipinski definition) is 3. The molecule has 3 rings (SSSR count). The summed E-state index contributed by atoms with van der Waals surface area (Å²) in [6.45, 7) is 3.12. The van der Waals surface area contributed by atoms with Crippen LogP contribution in [0.25, 0.3) is 6.08 Å². The van der Waals surface area contributed by atoms with Crippen molar-refractivity contribution < 1.29 is 10.0 Å². The van der Waals surface area contributed by atoms with Gasteiger partial charge in [0, 0.05) is 12.1 Å². The van der Waals surface area contributed by atoms with E-state index < -0.39 is 5.91 Å². The summed E-state index contributed by atoms with van der Waals surface area (Å²) < 4.78 is 0. The van der Waals surface area contributed by atoms with Crippen LogP contribution in [0.2, 0.25) is 0 Å². The molecule has 0 aromatic heterocycles. The summed E-state index contributed by atoms with van der Waals surface area (Å²) in [6, 6.07) is 15.2. The lowest BCUT2D eigenvalue weighted by Crippen LogP contribution is -2.22. The third kappa shape index (κ3) is 4.35. The van der Waals surface area contributed by atoms with Crippen LogP contribution >= 0.6 is 0 Å². The second-order valence-electron chi connectivity index (χ2n) is 6.49. The van der Waals surface area contributed by atoms with Gasteiger partial charge in [0.1, 0.15) is 0 Å². The zero-order valence-electron chi connectivity index (χ0n) is 14.5. The second-order valence-corrected chi connectivity index (χ2v) is 6.49. The number of carbonyl (C=O) groups is 1. The van der Waals surface area contributed by atoms with Gasteiger partial charge in [0.2, 0.25) is 0 Å². The molecule has 1 unspecified atom stereocenters. The SMILES string of the molecule is Cc1ccccc1CCNC1CCc2cc(/C=C/C(=O)NO)ccc21. The van der Waals surface area contributed by atoms with Crippen LogP contribution in [0.15, 0.2) is 48.5 Å². The maximum Gasteiger partial charge on any atom is 0.267 e. The third-order valence-electron chi connectivity index (χ3n) is 4.83. The molecular formula is C21H24N2O2. The lowest BCUT2D eigenvalue weighted by molar-refractivity contribution is -0.124. The fourth-order valence-corrected chi connectivity index (χ4v) is 3.43. The maximum atomic E-state index is 11.1. The number of nitrogens with one attached hydrogen (secondary N) is 2. The van der Waals surface area contributed by atoms with Crippen LogP contribution in [0.3, 0.4) is 0 Å². The number of rotatable bonds is 6. The summed E-state index contributed by atoms with van der Waals surface area (Å²) in [5.41, 5.74) is 8.01. The Hall–Kier alpha value is -2.43. The van der Waals surface area contributed by atoms with Gasteiger partial charge >= 0.3 is 0 Å². The van der Waals surface area contributed by atoms with E-state index in [2.05, 4.69) is 48.6 Å². The number of hydrogen-bond donors (Lipinski definition) is 3. The molecule has 3 N–H and O–H groups in total. The molecule has 0 heterocycles. The van der Waals surface area contributed by atoms with E-state index in [1.54, 1.807) is 11.6 Å². The highest BCUT2D eigenvalue weighted by Gasteiger charge is 2.21. The summed E-state index contributed by atoms with van der Waals surface area (Å²) in [6.07, 6.45) is 6.23. The zero-order chi connectivity index (χ0) is 17.6. The third-order valence-corrected chi connectivity index (χ3v) is 4.83. The Kier molecular flexibility index (Phi) is 5.64. The molecule has 0 aliphatic heterocycles. The Morgan fingerprint density at radius 2 is 2.12 bits per heavy atom. The highest BCUT2D eigenvalue weighted by atomic mass is 16.5. The smallest absolute Gasteiger partial charge is 0.267 e. The molecular weight excluding hydrogens is 312 g/mol. The minimum absolute atomic E-state index is 0.401. The van der Waals surface area contributed by atoms with Gasteiger partial charge in [0.25, 0.3) is 5.91 Å². The monoisotopic (exact) mass is 336 g/mol. The van der Waals surface area contributed by atoms with E-state index in [-0.39, 0.29) is 0 Å². The first-order valence-electron chi connectivity index (χ1n) is 8.70. The zero-order valence-corrected chi connectivity index (χ0v) is 14.5. The Labute approximate surface area is 148 Å². The lowest BCUT2D eigenvalue weighted by Gasteiger charge is -2.15. The van der Waals surface area contributed by atoms with E-state index in [1.807, 2.05) is 6.07 Å². The van der Waals surface area contributed by atoms with Crippen molar-refractivity contribution in [1.29, 1.82) is 0 Å². The van der Waals surface area contributed by atoms with E-state index in [1.165, 1.54) is 28.3 Å². The minimum atomic E-state index is -0.517. The molecule has 2 aromatic rings. The van der Waals surface area contributed by atoms with Gasteiger partial charge in [-0.15, -0.1) is 0 Å². The van der Waals surface area contributed by atoms with Crippen LogP contribution in [0.4, 0.5) is 0 Å². The average Bonchev–Trinajstić information content (AvgIpc) is 3.03. The standard InChI is InChI=1S/C21H24N2O2/c1-15-4-2-3-5-17(15)12-13-22-20-10-8-18-14-16(6-9-19(18)20)7-11-21(24)23-25/h2-7,9,11,14,20,22,25H,8,10,12-13H2,1H3,(H,23,24)/b11-7+. The largest absolute Gasteiger partial charge is 0.310 e. The van der Waals surface area contributed by atoms with Crippen molar-refractivity contribution in [3.05, 3.63) is 76.4 Å². The van der Waals surface area contributed by atoms with Gasteiger partial charge in [0.15, 0.2) is 0 Å². The molecule has 0 fully saturated rings. The van der Waals surface area contributed by atoms with Crippen LogP contribution in [0, 0.1) is 6.92 Å². The van der Waals surface area contributed by atoms with E-state index in [4.69, 9.17) is 5.21 Å². The number of benzene rings is 2. The first kappa shape index (κ1) is 17.4. The molecule has 0 bridgehead atoms. The van der Waals surface area contributed by atoms with Gasteiger partial charge in [-0.25, -0.2) is 5.48 Å². The van der Waals surface area contributed by atoms with E-state index in [0.29, 0.717) is 6.04 Å². The number of aryl methyl sites for hydroxylation is 2. The van der Waals surface area contributed by atoms with Gasteiger partial charge in [-0.3, -0.25) is 10.0 Å². The molecule has 4 heteroatoms. The lowest BCUT2D eigenvalue weighted by atomic mass is 10.0. The van der Waals surface area contributed by atoms with Crippen molar-refractivity contribution >= 4 is 12.0 Å². The van der Waals surface area contributed by atoms with Crippen LogP contribution < -0.4 is 10.8 Å². The highest BCUT2D eigenvalue weighted by molar-refractivity contribution is 5.90. The van der Waals surface area contributed by atoms with Crippen molar-refractivity contribution in [2.75, 3.05) is 6.54 Å². The molecule has 1 aliphatic carbocycles. The Morgan fingerprint density at radius 3 is 2.92 bits per heavy atom. The van der Waals surface area contributed by atoms with Gasteiger partial charge in [0.05, 0.1) is 0 Å². The van der Waals surface area contributed by atoms with Crippen molar-refractivity contribution in [2.45, 2.75) is 32.2 Å². The van der Waals surface area contributed by atoms with E-state index >= 15 is 0 Å². The summed E-state index contributed by atoms with van der Waals surface area (Å²) in [7, 11) is 0. The summed E-state index contributed by atoms with van der Waals surface area (Å²) in [5, 5.41) is 12.2. The quantitative estimate of drug-likeness (QED) is 0.431. The fourth-order valence-electron chi connectivity index (χ4n) is 3.43.